The van der Waals surface area contributed by atoms with Crippen molar-refractivity contribution in [2.45, 2.75) is 44.9 Å². The van der Waals surface area contributed by atoms with Crippen molar-refractivity contribution in [3.63, 3.8) is 0 Å². The molecule has 0 aliphatic heterocycles. The number of hydrogen-bond donors (Lipinski definition) is 0. The third-order valence-corrected chi connectivity index (χ3v) is 5.32. The van der Waals surface area contributed by atoms with Crippen LogP contribution in [0.1, 0.15) is 40.0 Å². The molecule has 0 bridgehead atoms. The Morgan fingerprint density at radius 2 is 2.25 bits per heavy atom. The lowest BCUT2D eigenvalue weighted by atomic mass is 9.65. The average molecular weight is 346 g/mol. The molecule has 3 unspecified atom stereocenters. The van der Waals surface area contributed by atoms with E-state index >= 15 is 0 Å². The summed E-state index contributed by atoms with van der Waals surface area (Å²) in [5.41, 5.74) is 0.332. The standard InChI is InChI=1S/C15H24BrNO3/c1-11-12(5-4-7-15(11,2)3)10-20-14(6-8-18)13(16)9-17-19/h6,8,11-13H,4-5,7,9-10H2,1-3H3/b14-6+. The summed E-state index contributed by atoms with van der Waals surface area (Å²) in [5, 5.41) is 2.84. The molecule has 5 heteroatoms. The molecule has 1 rings (SSSR count). The first-order chi connectivity index (χ1) is 9.42. The minimum absolute atomic E-state index is 0.0609. The molecule has 20 heavy (non-hydrogen) atoms. The van der Waals surface area contributed by atoms with Crippen LogP contribution in [0.15, 0.2) is 17.0 Å². The van der Waals surface area contributed by atoms with Crippen LogP contribution in [0.3, 0.4) is 0 Å². The van der Waals surface area contributed by atoms with Gasteiger partial charge in [0.25, 0.3) is 0 Å². The van der Waals surface area contributed by atoms with Crippen LogP contribution in [0.4, 0.5) is 0 Å². The number of allylic oxidation sites excluding steroid dienone is 1. The van der Waals surface area contributed by atoms with E-state index in [9.17, 15) is 9.70 Å². The van der Waals surface area contributed by atoms with Gasteiger partial charge in [0.2, 0.25) is 0 Å². The minimum Gasteiger partial charge on any atom is -0.496 e. The number of carbonyl (C=O) groups is 1. The van der Waals surface area contributed by atoms with Crippen LogP contribution < -0.4 is 0 Å². The number of carbonyl (C=O) groups excluding carboxylic acids is 1. The van der Waals surface area contributed by atoms with Gasteiger partial charge in [-0.05, 0) is 30.1 Å². The van der Waals surface area contributed by atoms with Gasteiger partial charge in [0.1, 0.15) is 18.6 Å². The number of alkyl halides is 1. The molecule has 114 valence electrons. The summed E-state index contributed by atoms with van der Waals surface area (Å²) in [6.45, 7) is 7.52. The summed E-state index contributed by atoms with van der Waals surface area (Å²) in [4.78, 5) is 20.7. The second-order valence-corrected chi connectivity index (χ2v) is 7.33. The summed E-state index contributed by atoms with van der Waals surface area (Å²) in [6, 6.07) is 0. The molecule has 0 spiro atoms. The summed E-state index contributed by atoms with van der Waals surface area (Å²) >= 11 is 3.32. The van der Waals surface area contributed by atoms with Gasteiger partial charge in [-0.25, -0.2) is 0 Å². The quantitative estimate of drug-likeness (QED) is 0.229. The highest BCUT2D eigenvalue weighted by Gasteiger charge is 2.36. The average Bonchev–Trinajstić information content (AvgIpc) is 2.39. The zero-order valence-corrected chi connectivity index (χ0v) is 14.1. The highest BCUT2D eigenvalue weighted by Crippen LogP contribution is 2.43. The van der Waals surface area contributed by atoms with E-state index in [4.69, 9.17) is 4.74 Å². The third kappa shape index (κ3) is 4.69. The first-order valence-corrected chi connectivity index (χ1v) is 8.05. The molecule has 0 radical (unpaired) electrons. The van der Waals surface area contributed by atoms with E-state index in [1.807, 2.05) is 0 Å². The minimum atomic E-state index is -0.322. The molecule has 0 heterocycles. The van der Waals surface area contributed by atoms with Crippen LogP contribution in [-0.4, -0.2) is 24.3 Å². The van der Waals surface area contributed by atoms with Crippen molar-refractivity contribution >= 4 is 22.2 Å². The Labute approximate surface area is 129 Å². The SMILES string of the molecule is CC1C(CO/C(=C/C=O)C(Br)CN=O)CCCC1(C)C. The fourth-order valence-corrected chi connectivity index (χ4v) is 3.23. The van der Waals surface area contributed by atoms with E-state index in [0.717, 1.165) is 6.42 Å². The van der Waals surface area contributed by atoms with Gasteiger partial charge in [0, 0.05) is 6.08 Å². The molecule has 1 aliphatic carbocycles. The number of rotatable bonds is 7. The Hall–Kier alpha value is -0.710. The third-order valence-electron chi connectivity index (χ3n) is 4.58. The Morgan fingerprint density at radius 1 is 1.55 bits per heavy atom. The lowest BCUT2D eigenvalue weighted by molar-refractivity contribution is -0.104. The molecular formula is C15H24BrNO3. The van der Waals surface area contributed by atoms with Crippen LogP contribution in [0, 0.1) is 22.2 Å². The van der Waals surface area contributed by atoms with Gasteiger partial charge in [-0.3, -0.25) is 4.79 Å². The molecule has 0 aromatic rings. The van der Waals surface area contributed by atoms with Crippen molar-refractivity contribution in [2.24, 2.45) is 22.4 Å². The second-order valence-electron chi connectivity index (χ2n) is 6.22. The van der Waals surface area contributed by atoms with Gasteiger partial charge in [0.15, 0.2) is 0 Å². The number of nitrogens with zero attached hydrogens (tertiary/aromatic N) is 1. The number of ether oxygens (including phenoxy) is 1. The molecule has 1 saturated carbocycles. The maximum atomic E-state index is 10.7. The number of aldehydes is 1. The summed E-state index contributed by atoms with van der Waals surface area (Å²) in [7, 11) is 0. The number of nitroso groups, excluding NO2 is 1. The zero-order valence-electron chi connectivity index (χ0n) is 12.5. The van der Waals surface area contributed by atoms with Crippen molar-refractivity contribution in [2.75, 3.05) is 13.2 Å². The normalized spacial score (nSPS) is 27.7. The molecule has 3 atom stereocenters. The highest BCUT2D eigenvalue weighted by atomic mass is 79.9. The van der Waals surface area contributed by atoms with Gasteiger partial charge < -0.3 is 4.74 Å². The van der Waals surface area contributed by atoms with Gasteiger partial charge in [0.05, 0.1) is 11.4 Å². The van der Waals surface area contributed by atoms with Crippen molar-refractivity contribution in [1.29, 1.82) is 0 Å². The monoisotopic (exact) mass is 345 g/mol. The second kappa shape index (κ2) is 7.91. The summed E-state index contributed by atoms with van der Waals surface area (Å²) < 4.78 is 5.78. The van der Waals surface area contributed by atoms with Crippen molar-refractivity contribution in [3.8, 4) is 0 Å². The van der Waals surface area contributed by atoms with Gasteiger partial charge in [-0.15, -0.1) is 0 Å². The van der Waals surface area contributed by atoms with Crippen molar-refractivity contribution in [1.82, 2.24) is 0 Å². The van der Waals surface area contributed by atoms with Gasteiger partial charge >= 0.3 is 0 Å². The fourth-order valence-electron chi connectivity index (χ4n) is 2.83. The molecule has 4 nitrogen and oxygen atoms in total. The highest BCUT2D eigenvalue weighted by molar-refractivity contribution is 9.09. The lowest BCUT2D eigenvalue weighted by Gasteiger charge is -2.42. The number of hydrogen-bond acceptors (Lipinski definition) is 4. The van der Waals surface area contributed by atoms with Crippen molar-refractivity contribution < 1.29 is 9.53 Å². The van der Waals surface area contributed by atoms with E-state index in [-0.39, 0.29) is 11.4 Å². The maximum absolute atomic E-state index is 10.7. The van der Waals surface area contributed by atoms with E-state index in [0.29, 0.717) is 35.9 Å². The Kier molecular flexibility index (Phi) is 6.86. The van der Waals surface area contributed by atoms with Crippen LogP contribution in [0.5, 0.6) is 0 Å². The topological polar surface area (TPSA) is 55.7 Å². The smallest absolute Gasteiger partial charge is 0.146 e. The Bertz CT molecular complexity index is 368. The molecular weight excluding hydrogens is 322 g/mol. The van der Waals surface area contributed by atoms with Crippen LogP contribution in [-0.2, 0) is 9.53 Å². The van der Waals surface area contributed by atoms with E-state index in [1.54, 1.807) is 0 Å². The van der Waals surface area contributed by atoms with Crippen LogP contribution in [0.25, 0.3) is 0 Å². The summed E-state index contributed by atoms with van der Waals surface area (Å²) in [5.74, 6) is 1.56. The first kappa shape index (κ1) is 17.3. The lowest BCUT2D eigenvalue weighted by Crippen LogP contribution is -2.35. The Balaban J connectivity index is 2.61. The van der Waals surface area contributed by atoms with Gasteiger partial charge in [-0.2, -0.15) is 4.91 Å². The molecule has 1 fully saturated rings. The van der Waals surface area contributed by atoms with Crippen molar-refractivity contribution in [3.05, 3.63) is 16.7 Å². The Morgan fingerprint density at radius 3 is 2.85 bits per heavy atom. The molecule has 0 aromatic carbocycles. The van der Waals surface area contributed by atoms with E-state index in [1.165, 1.54) is 18.9 Å². The van der Waals surface area contributed by atoms with Crippen LogP contribution >= 0.6 is 15.9 Å². The first-order valence-electron chi connectivity index (χ1n) is 7.13. The zero-order chi connectivity index (χ0) is 15.2. The molecule has 0 aromatic heterocycles. The van der Waals surface area contributed by atoms with Gasteiger partial charge in [-0.1, -0.05) is 48.3 Å². The van der Waals surface area contributed by atoms with Crippen LogP contribution in [0.2, 0.25) is 0 Å². The molecule has 0 saturated heterocycles. The predicted octanol–water partition coefficient (Wildman–Crippen LogP) is 4.08. The maximum Gasteiger partial charge on any atom is 0.146 e. The molecule has 1 aliphatic rings. The largest absolute Gasteiger partial charge is 0.496 e. The fraction of sp³-hybridized carbons (Fsp3) is 0.800. The predicted molar refractivity (Wildman–Crippen MR) is 83.8 cm³/mol. The summed E-state index contributed by atoms with van der Waals surface area (Å²) in [6.07, 6.45) is 5.66. The molecule has 0 amide bonds. The van der Waals surface area contributed by atoms with E-state index in [2.05, 4.69) is 41.9 Å². The van der Waals surface area contributed by atoms with E-state index < -0.39 is 0 Å². The number of halogens is 1. The molecule has 0 N–H and O–H groups in total.